The summed E-state index contributed by atoms with van der Waals surface area (Å²) in [6.07, 6.45) is 0.282. The van der Waals surface area contributed by atoms with Crippen molar-refractivity contribution in [2.24, 2.45) is 0 Å². The molecule has 3 aromatic carbocycles. The fourth-order valence-corrected chi connectivity index (χ4v) is 3.87. The number of nitrogens with one attached hydrogen (secondary N) is 1. The summed E-state index contributed by atoms with van der Waals surface area (Å²) in [7, 11) is 0. The summed E-state index contributed by atoms with van der Waals surface area (Å²) < 4.78 is 5.33. The van der Waals surface area contributed by atoms with E-state index in [0.29, 0.717) is 25.2 Å². The molecule has 2 amide bonds. The van der Waals surface area contributed by atoms with Gasteiger partial charge in [-0.2, -0.15) is 0 Å². The molecule has 0 spiro atoms. The molecule has 0 aliphatic carbocycles. The summed E-state index contributed by atoms with van der Waals surface area (Å²) in [5, 5.41) is 2.77. The monoisotopic (exact) mass is 458 g/mol. The highest BCUT2D eigenvalue weighted by Gasteiger charge is 2.21. The van der Waals surface area contributed by atoms with Crippen molar-refractivity contribution in [3.63, 3.8) is 0 Å². The van der Waals surface area contributed by atoms with Crippen LogP contribution in [0.25, 0.3) is 0 Å². The first-order chi connectivity index (χ1) is 16.3. The third kappa shape index (κ3) is 7.77. The summed E-state index contributed by atoms with van der Waals surface area (Å²) in [4.78, 5) is 27.2. The summed E-state index contributed by atoms with van der Waals surface area (Å²) in [5.41, 5.74) is 2.50. The molecular weight excluding hydrogens is 424 g/mol. The minimum atomic E-state index is -0.567. The van der Waals surface area contributed by atoms with Crippen LogP contribution in [-0.4, -0.2) is 42.1 Å². The van der Waals surface area contributed by atoms with E-state index in [1.807, 2.05) is 92.4 Å². The summed E-state index contributed by atoms with van der Waals surface area (Å²) in [5.74, 6) is 0.110. The summed E-state index contributed by atoms with van der Waals surface area (Å²) in [6, 6.07) is 30.0. The molecule has 0 heterocycles. The highest BCUT2D eigenvalue weighted by molar-refractivity contribution is 5.94. The van der Waals surface area contributed by atoms with Crippen molar-refractivity contribution in [3.05, 3.63) is 108 Å². The van der Waals surface area contributed by atoms with Crippen molar-refractivity contribution in [2.75, 3.05) is 19.6 Å². The second-order valence-electron chi connectivity index (χ2n) is 9.25. The lowest BCUT2D eigenvalue weighted by atomic mass is 9.88. The van der Waals surface area contributed by atoms with Crippen molar-refractivity contribution in [2.45, 2.75) is 38.7 Å². The van der Waals surface area contributed by atoms with Gasteiger partial charge >= 0.3 is 6.09 Å². The van der Waals surface area contributed by atoms with E-state index in [0.717, 1.165) is 6.42 Å². The Morgan fingerprint density at radius 2 is 1.29 bits per heavy atom. The first-order valence-electron chi connectivity index (χ1n) is 11.7. The van der Waals surface area contributed by atoms with Gasteiger partial charge in [0, 0.05) is 31.1 Å². The van der Waals surface area contributed by atoms with Crippen LogP contribution in [0.3, 0.4) is 0 Å². The SMILES string of the molecule is CC(C)(C)OC(=O)NCCN(CCC(c1ccccc1)c1ccccc1)C(=O)c1ccccc1. The van der Waals surface area contributed by atoms with E-state index in [1.165, 1.54) is 11.1 Å². The molecule has 5 nitrogen and oxygen atoms in total. The van der Waals surface area contributed by atoms with Gasteiger partial charge in [0.15, 0.2) is 0 Å². The molecule has 0 aliphatic heterocycles. The maximum absolute atomic E-state index is 13.3. The number of carbonyl (C=O) groups excluding carboxylic acids is 2. The second-order valence-corrected chi connectivity index (χ2v) is 9.25. The molecule has 0 atom stereocenters. The van der Waals surface area contributed by atoms with Gasteiger partial charge in [-0.1, -0.05) is 78.9 Å². The van der Waals surface area contributed by atoms with Gasteiger partial charge in [-0.25, -0.2) is 4.79 Å². The number of amides is 2. The van der Waals surface area contributed by atoms with E-state index in [-0.39, 0.29) is 11.8 Å². The van der Waals surface area contributed by atoms with Gasteiger partial charge in [-0.3, -0.25) is 4.79 Å². The fraction of sp³-hybridized carbons (Fsp3) is 0.310. The van der Waals surface area contributed by atoms with Crippen molar-refractivity contribution in [3.8, 4) is 0 Å². The minimum Gasteiger partial charge on any atom is -0.444 e. The van der Waals surface area contributed by atoms with Gasteiger partial charge in [0.1, 0.15) is 5.60 Å². The molecule has 0 aliphatic rings. The lowest BCUT2D eigenvalue weighted by Crippen LogP contribution is -2.41. The van der Waals surface area contributed by atoms with E-state index in [9.17, 15) is 9.59 Å². The quantitative estimate of drug-likeness (QED) is 0.436. The van der Waals surface area contributed by atoms with Crippen LogP contribution in [-0.2, 0) is 4.74 Å². The van der Waals surface area contributed by atoms with Gasteiger partial charge in [0.05, 0.1) is 0 Å². The third-order valence-corrected chi connectivity index (χ3v) is 5.45. The minimum absolute atomic E-state index is 0.0496. The standard InChI is InChI=1S/C29H34N2O3/c1-29(2,3)34-28(33)30-20-22-31(27(32)25-17-11-6-12-18-25)21-19-26(23-13-7-4-8-14-23)24-15-9-5-10-16-24/h4-18,26H,19-22H2,1-3H3,(H,30,33). The predicted molar refractivity (Wildman–Crippen MR) is 136 cm³/mol. The maximum Gasteiger partial charge on any atom is 0.407 e. The zero-order valence-corrected chi connectivity index (χ0v) is 20.2. The largest absolute Gasteiger partial charge is 0.444 e. The lowest BCUT2D eigenvalue weighted by Gasteiger charge is -2.27. The number of hydrogen-bond donors (Lipinski definition) is 1. The first kappa shape index (κ1) is 25.0. The highest BCUT2D eigenvalue weighted by Crippen LogP contribution is 2.28. The Bertz CT molecular complexity index is 992. The Labute approximate surface area is 202 Å². The maximum atomic E-state index is 13.3. The number of ether oxygens (including phenoxy) is 1. The van der Waals surface area contributed by atoms with Crippen LogP contribution < -0.4 is 5.32 Å². The van der Waals surface area contributed by atoms with Gasteiger partial charge in [0.2, 0.25) is 0 Å². The molecular formula is C29H34N2O3. The zero-order chi connectivity index (χ0) is 24.4. The normalized spacial score (nSPS) is 11.2. The topological polar surface area (TPSA) is 58.6 Å². The van der Waals surface area contributed by atoms with Crippen molar-refractivity contribution >= 4 is 12.0 Å². The van der Waals surface area contributed by atoms with E-state index in [4.69, 9.17) is 4.74 Å². The van der Waals surface area contributed by atoms with Crippen molar-refractivity contribution < 1.29 is 14.3 Å². The van der Waals surface area contributed by atoms with Crippen molar-refractivity contribution in [1.82, 2.24) is 10.2 Å². The van der Waals surface area contributed by atoms with Crippen LogP contribution in [0.15, 0.2) is 91.0 Å². The summed E-state index contributed by atoms with van der Waals surface area (Å²) >= 11 is 0. The number of rotatable bonds is 9. The molecule has 0 bridgehead atoms. The van der Waals surface area contributed by atoms with Gasteiger partial charge in [-0.05, 0) is 50.5 Å². The molecule has 5 heteroatoms. The van der Waals surface area contributed by atoms with Crippen LogP contribution in [0.1, 0.15) is 54.6 Å². The van der Waals surface area contributed by atoms with Crippen molar-refractivity contribution in [1.29, 1.82) is 0 Å². The van der Waals surface area contributed by atoms with E-state index in [2.05, 4.69) is 29.6 Å². The van der Waals surface area contributed by atoms with Crippen LogP contribution in [0.4, 0.5) is 4.79 Å². The number of alkyl carbamates (subject to hydrolysis) is 1. The number of nitrogens with zero attached hydrogens (tertiary/aromatic N) is 1. The molecule has 0 aromatic heterocycles. The Morgan fingerprint density at radius 1 is 0.794 bits per heavy atom. The third-order valence-electron chi connectivity index (χ3n) is 5.45. The Balaban J connectivity index is 1.74. The number of carbonyl (C=O) groups is 2. The van der Waals surface area contributed by atoms with Crippen LogP contribution in [0.5, 0.6) is 0 Å². The zero-order valence-electron chi connectivity index (χ0n) is 20.2. The Kier molecular flexibility index (Phi) is 8.86. The Morgan fingerprint density at radius 3 is 1.79 bits per heavy atom. The van der Waals surface area contributed by atoms with E-state index >= 15 is 0 Å². The average molecular weight is 459 g/mol. The molecule has 0 unspecified atom stereocenters. The molecule has 34 heavy (non-hydrogen) atoms. The molecule has 0 saturated carbocycles. The molecule has 0 saturated heterocycles. The lowest BCUT2D eigenvalue weighted by molar-refractivity contribution is 0.0513. The fourth-order valence-electron chi connectivity index (χ4n) is 3.87. The second kappa shape index (κ2) is 12.0. The van der Waals surface area contributed by atoms with Crippen LogP contribution in [0, 0.1) is 0 Å². The van der Waals surface area contributed by atoms with E-state index in [1.54, 1.807) is 0 Å². The van der Waals surface area contributed by atoms with Gasteiger partial charge < -0.3 is 15.0 Å². The summed E-state index contributed by atoms with van der Waals surface area (Å²) in [6.45, 7) is 6.73. The molecule has 0 radical (unpaired) electrons. The van der Waals surface area contributed by atoms with E-state index < -0.39 is 11.7 Å². The smallest absolute Gasteiger partial charge is 0.407 e. The van der Waals surface area contributed by atoms with Crippen LogP contribution in [0.2, 0.25) is 0 Å². The molecule has 3 aromatic rings. The number of benzene rings is 3. The van der Waals surface area contributed by atoms with Gasteiger partial charge in [-0.15, -0.1) is 0 Å². The molecule has 0 fully saturated rings. The first-order valence-corrected chi connectivity index (χ1v) is 11.7. The highest BCUT2D eigenvalue weighted by atomic mass is 16.6. The molecule has 178 valence electrons. The Hall–Kier alpha value is -3.60. The predicted octanol–water partition coefficient (Wildman–Crippen LogP) is 5.88. The number of hydrogen-bond acceptors (Lipinski definition) is 3. The average Bonchev–Trinajstić information content (AvgIpc) is 2.83. The molecule has 1 N–H and O–H groups in total. The molecule has 3 rings (SSSR count). The van der Waals surface area contributed by atoms with Gasteiger partial charge in [0.25, 0.3) is 5.91 Å². The van der Waals surface area contributed by atoms with Crippen LogP contribution >= 0.6 is 0 Å².